The largest absolute Gasteiger partial charge is 0.378 e. The van der Waals surface area contributed by atoms with Gasteiger partial charge in [-0.15, -0.1) is 0 Å². The predicted molar refractivity (Wildman–Crippen MR) is 81.5 cm³/mol. The molecule has 0 aliphatic carbocycles. The molecule has 106 valence electrons. The van der Waals surface area contributed by atoms with Gasteiger partial charge in [0.2, 0.25) is 0 Å². The summed E-state index contributed by atoms with van der Waals surface area (Å²) in [7, 11) is 0. The molecule has 4 rings (SSSR count). The highest BCUT2D eigenvalue weighted by molar-refractivity contribution is 5.74. The standard InChI is InChI=1S/C16H16N4O/c1-3-14(19-9-11-21-12-10-19)4-2-13(1)15-16-18-6-8-20(16)7-5-17-15/h1-8H,9-12H2. The Morgan fingerprint density at radius 1 is 0.905 bits per heavy atom. The van der Waals surface area contributed by atoms with Crippen LogP contribution in [0, 0.1) is 0 Å². The molecule has 0 spiro atoms. The van der Waals surface area contributed by atoms with Gasteiger partial charge in [-0.2, -0.15) is 0 Å². The number of fused-ring (bicyclic) bond motifs is 1. The Hall–Kier alpha value is -2.40. The average molecular weight is 280 g/mol. The zero-order valence-electron chi connectivity index (χ0n) is 11.6. The van der Waals surface area contributed by atoms with Gasteiger partial charge in [0.15, 0.2) is 5.65 Å². The van der Waals surface area contributed by atoms with E-state index in [-0.39, 0.29) is 0 Å². The van der Waals surface area contributed by atoms with Crippen molar-refractivity contribution >= 4 is 11.3 Å². The highest BCUT2D eigenvalue weighted by atomic mass is 16.5. The number of imidazole rings is 1. The third-order valence-electron chi connectivity index (χ3n) is 3.83. The number of aromatic nitrogens is 3. The third-order valence-corrected chi connectivity index (χ3v) is 3.83. The lowest BCUT2D eigenvalue weighted by atomic mass is 10.1. The molecule has 1 aliphatic heterocycles. The van der Waals surface area contributed by atoms with Crippen LogP contribution < -0.4 is 4.90 Å². The average Bonchev–Trinajstić information content (AvgIpc) is 3.04. The van der Waals surface area contributed by atoms with Crippen LogP contribution in [-0.2, 0) is 4.74 Å². The van der Waals surface area contributed by atoms with E-state index in [9.17, 15) is 0 Å². The molecular formula is C16H16N4O. The first-order chi connectivity index (χ1) is 10.4. The third kappa shape index (κ3) is 2.25. The Labute approximate surface area is 122 Å². The summed E-state index contributed by atoms with van der Waals surface area (Å²) >= 11 is 0. The number of hydrogen-bond acceptors (Lipinski definition) is 4. The smallest absolute Gasteiger partial charge is 0.163 e. The normalized spacial score (nSPS) is 15.5. The molecule has 5 nitrogen and oxygen atoms in total. The lowest BCUT2D eigenvalue weighted by Crippen LogP contribution is -2.36. The first kappa shape index (κ1) is 12.3. The van der Waals surface area contributed by atoms with Gasteiger partial charge in [-0.25, -0.2) is 4.98 Å². The number of rotatable bonds is 2. The van der Waals surface area contributed by atoms with E-state index in [2.05, 4.69) is 39.1 Å². The zero-order valence-corrected chi connectivity index (χ0v) is 11.6. The van der Waals surface area contributed by atoms with Crippen LogP contribution in [0.5, 0.6) is 0 Å². The van der Waals surface area contributed by atoms with Crippen LogP contribution in [0.2, 0.25) is 0 Å². The number of hydrogen-bond donors (Lipinski definition) is 0. The molecule has 5 heteroatoms. The summed E-state index contributed by atoms with van der Waals surface area (Å²) in [4.78, 5) is 11.2. The van der Waals surface area contributed by atoms with Gasteiger partial charge in [-0.3, -0.25) is 4.98 Å². The molecule has 1 aliphatic rings. The van der Waals surface area contributed by atoms with Crippen LogP contribution in [0.25, 0.3) is 16.9 Å². The van der Waals surface area contributed by atoms with Crippen LogP contribution in [-0.4, -0.2) is 40.7 Å². The van der Waals surface area contributed by atoms with Crippen molar-refractivity contribution in [1.82, 2.24) is 14.4 Å². The van der Waals surface area contributed by atoms with Crippen molar-refractivity contribution in [2.45, 2.75) is 0 Å². The van der Waals surface area contributed by atoms with Crippen molar-refractivity contribution in [3.63, 3.8) is 0 Å². The minimum atomic E-state index is 0.802. The van der Waals surface area contributed by atoms with Crippen LogP contribution in [0.4, 0.5) is 5.69 Å². The summed E-state index contributed by atoms with van der Waals surface area (Å²) < 4.78 is 7.38. The summed E-state index contributed by atoms with van der Waals surface area (Å²) in [5.74, 6) is 0. The van der Waals surface area contributed by atoms with Gasteiger partial charge in [0.1, 0.15) is 5.69 Å². The fourth-order valence-corrected chi connectivity index (χ4v) is 2.71. The molecular weight excluding hydrogens is 264 g/mol. The van der Waals surface area contributed by atoms with E-state index in [0.717, 1.165) is 43.2 Å². The van der Waals surface area contributed by atoms with Gasteiger partial charge < -0.3 is 14.0 Å². The van der Waals surface area contributed by atoms with E-state index in [1.54, 1.807) is 12.4 Å². The molecule has 0 amide bonds. The second kappa shape index (κ2) is 5.18. The molecule has 3 aromatic rings. The molecule has 2 aromatic heterocycles. The van der Waals surface area contributed by atoms with Crippen molar-refractivity contribution < 1.29 is 4.74 Å². The summed E-state index contributed by atoms with van der Waals surface area (Å²) in [5, 5.41) is 0. The molecule has 1 saturated heterocycles. The molecule has 0 bridgehead atoms. The minimum Gasteiger partial charge on any atom is -0.378 e. The van der Waals surface area contributed by atoms with Gasteiger partial charge in [-0.05, 0) is 12.1 Å². The maximum atomic E-state index is 5.39. The second-order valence-electron chi connectivity index (χ2n) is 5.08. The first-order valence-corrected chi connectivity index (χ1v) is 7.13. The summed E-state index contributed by atoms with van der Waals surface area (Å²) in [6.07, 6.45) is 7.44. The minimum absolute atomic E-state index is 0.802. The van der Waals surface area contributed by atoms with Gasteiger partial charge in [0.25, 0.3) is 0 Å². The first-order valence-electron chi connectivity index (χ1n) is 7.13. The topological polar surface area (TPSA) is 42.7 Å². The summed E-state index contributed by atoms with van der Waals surface area (Å²) in [6, 6.07) is 8.52. The number of morpholine rings is 1. The number of ether oxygens (including phenoxy) is 1. The van der Waals surface area contributed by atoms with E-state index in [1.165, 1.54) is 5.69 Å². The fourth-order valence-electron chi connectivity index (χ4n) is 2.71. The lowest BCUT2D eigenvalue weighted by molar-refractivity contribution is 0.122. The van der Waals surface area contributed by atoms with Crippen LogP contribution in [0.15, 0.2) is 49.1 Å². The number of nitrogens with zero attached hydrogens (tertiary/aromatic N) is 4. The maximum absolute atomic E-state index is 5.39. The number of anilines is 1. The van der Waals surface area contributed by atoms with Crippen molar-refractivity contribution in [2.75, 3.05) is 31.2 Å². The van der Waals surface area contributed by atoms with Gasteiger partial charge in [-0.1, -0.05) is 12.1 Å². The molecule has 0 unspecified atom stereocenters. The SMILES string of the molecule is c1cn2ccnc2c(-c2ccc(N3CCOCC3)cc2)n1. The van der Waals surface area contributed by atoms with E-state index in [4.69, 9.17) is 4.74 Å². The molecule has 0 N–H and O–H groups in total. The second-order valence-corrected chi connectivity index (χ2v) is 5.08. The fraction of sp³-hybridized carbons (Fsp3) is 0.250. The Morgan fingerprint density at radius 2 is 1.62 bits per heavy atom. The van der Waals surface area contributed by atoms with E-state index < -0.39 is 0 Å². The Morgan fingerprint density at radius 3 is 2.38 bits per heavy atom. The van der Waals surface area contributed by atoms with Gasteiger partial charge in [0, 0.05) is 49.1 Å². The molecule has 3 heterocycles. The zero-order chi connectivity index (χ0) is 14.1. The monoisotopic (exact) mass is 280 g/mol. The lowest BCUT2D eigenvalue weighted by Gasteiger charge is -2.28. The predicted octanol–water partition coefficient (Wildman–Crippen LogP) is 2.23. The molecule has 1 aromatic carbocycles. The maximum Gasteiger partial charge on any atom is 0.163 e. The van der Waals surface area contributed by atoms with Crippen molar-refractivity contribution in [1.29, 1.82) is 0 Å². The van der Waals surface area contributed by atoms with Crippen molar-refractivity contribution in [3.05, 3.63) is 49.1 Å². The van der Waals surface area contributed by atoms with E-state index >= 15 is 0 Å². The quantitative estimate of drug-likeness (QED) is 0.722. The molecule has 0 saturated carbocycles. The van der Waals surface area contributed by atoms with E-state index in [1.807, 2.05) is 16.8 Å². The summed E-state index contributed by atoms with van der Waals surface area (Å²) in [5.41, 5.74) is 4.12. The highest BCUT2D eigenvalue weighted by Gasteiger charge is 2.12. The molecule has 0 radical (unpaired) electrons. The van der Waals surface area contributed by atoms with Crippen LogP contribution >= 0.6 is 0 Å². The molecule has 0 atom stereocenters. The number of benzene rings is 1. The summed E-state index contributed by atoms with van der Waals surface area (Å²) in [6.45, 7) is 3.51. The van der Waals surface area contributed by atoms with Crippen molar-refractivity contribution in [3.8, 4) is 11.3 Å². The molecule has 1 fully saturated rings. The highest BCUT2D eigenvalue weighted by Crippen LogP contribution is 2.24. The van der Waals surface area contributed by atoms with Crippen LogP contribution in [0.3, 0.4) is 0 Å². The van der Waals surface area contributed by atoms with Crippen molar-refractivity contribution in [2.24, 2.45) is 0 Å². The Bertz CT molecular complexity index is 744. The Kier molecular flexibility index (Phi) is 3.05. The van der Waals surface area contributed by atoms with Crippen LogP contribution in [0.1, 0.15) is 0 Å². The van der Waals surface area contributed by atoms with E-state index in [0.29, 0.717) is 0 Å². The Balaban J connectivity index is 1.68. The van der Waals surface area contributed by atoms with Gasteiger partial charge >= 0.3 is 0 Å². The van der Waals surface area contributed by atoms with Gasteiger partial charge in [0.05, 0.1) is 13.2 Å². The molecule has 21 heavy (non-hydrogen) atoms.